The third-order valence-electron chi connectivity index (χ3n) is 5.60. The molecule has 31 heavy (non-hydrogen) atoms. The number of anilines is 1. The monoisotopic (exact) mass is 420 g/mol. The minimum Gasteiger partial charge on any atom is -0.324 e. The quantitative estimate of drug-likeness (QED) is 0.688. The normalized spacial score (nSPS) is 13.6. The molecule has 2 aromatic carbocycles. The molecule has 0 saturated heterocycles. The van der Waals surface area contributed by atoms with E-state index in [0.29, 0.717) is 35.6 Å². The van der Waals surface area contributed by atoms with E-state index in [-0.39, 0.29) is 17.9 Å². The molecule has 1 aliphatic heterocycles. The topological polar surface area (TPSA) is 67.2 Å². The Morgan fingerprint density at radius 2 is 1.94 bits per heavy atom. The third kappa shape index (κ3) is 4.72. The van der Waals surface area contributed by atoms with Gasteiger partial charge in [0.15, 0.2) is 0 Å². The SMILES string of the molecule is Cc1ccc(NC(=O)Cn2c(C)nc3c(c2=O)CCN(Cc2ccccc2)C3)cc1F. The summed E-state index contributed by atoms with van der Waals surface area (Å²) in [5.74, 6) is -0.283. The second kappa shape index (κ2) is 8.81. The molecule has 7 heteroatoms. The van der Waals surface area contributed by atoms with E-state index in [1.54, 1.807) is 26.0 Å². The van der Waals surface area contributed by atoms with E-state index in [1.807, 2.05) is 18.2 Å². The Labute approximate surface area is 180 Å². The van der Waals surface area contributed by atoms with Crippen molar-refractivity contribution < 1.29 is 9.18 Å². The van der Waals surface area contributed by atoms with E-state index in [1.165, 1.54) is 16.2 Å². The van der Waals surface area contributed by atoms with Gasteiger partial charge in [-0.1, -0.05) is 36.4 Å². The predicted molar refractivity (Wildman–Crippen MR) is 117 cm³/mol. The second-order valence-corrected chi connectivity index (χ2v) is 7.93. The third-order valence-corrected chi connectivity index (χ3v) is 5.60. The van der Waals surface area contributed by atoms with Crippen molar-refractivity contribution in [3.05, 3.63) is 92.9 Å². The molecule has 1 aliphatic rings. The number of rotatable bonds is 5. The van der Waals surface area contributed by atoms with Crippen LogP contribution >= 0.6 is 0 Å². The Bertz CT molecular complexity index is 1170. The molecule has 4 rings (SSSR count). The molecule has 0 fully saturated rings. The van der Waals surface area contributed by atoms with Crippen LogP contribution in [0.4, 0.5) is 10.1 Å². The molecule has 0 bridgehead atoms. The molecule has 1 N–H and O–H groups in total. The van der Waals surface area contributed by atoms with Crippen molar-refractivity contribution in [1.82, 2.24) is 14.5 Å². The number of halogens is 1. The molecule has 160 valence electrons. The zero-order valence-electron chi connectivity index (χ0n) is 17.7. The number of aryl methyl sites for hydroxylation is 2. The lowest BCUT2D eigenvalue weighted by Gasteiger charge is -2.28. The first-order valence-electron chi connectivity index (χ1n) is 10.3. The lowest BCUT2D eigenvalue weighted by molar-refractivity contribution is -0.116. The highest BCUT2D eigenvalue weighted by Crippen LogP contribution is 2.18. The van der Waals surface area contributed by atoms with Crippen LogP contribution in [0.3, 0.4) is 0 Å². The maximum atomic E-state index is 13.7. The first-order valence-corrected chi connectivity index (χ1v) is 10.3. The van der Waals surface area contributed by atoms with E-state index in [0.717, 1.165) is 18.8 Å². The van der Waals surface area contributed by atoms with Crippen LogP contribution in [0.15, 0.2) is 53.3 Å². The largest absolute Gasteiger partial charge is 0.324 e. The fraction of sp³-hybridized carbons (Fsp3) is 0.292. The molecular weight excluding hydrogens is 395 g/mol. The van der Waals surface area contributed by atoms with Gasteiger partial charge in [0, 0.05) is 30.9 Å². The van der Waals surface area contributed by atoms with Gasteiger partial charge in [-0.25, -0.2) is 9.37 Å². The Morgan fingerprint density at radius 3 is 2.68 bits per heavy atom. The van der Waals surface area contributed by atoms with Gasteiger partial charge in [0.1, 0.15) is 18.2 Å². The molecule has 0 atom stereocenters. The number of nitrogens with zero attached hydrogens (tertiary/aromatic N) is 3. The van der Waals surface area contributed by atoms with Crippen LogP contribution in [0.1, 0.15) is 28.2 Å². The van der Waals surface area contributed by atoms with Crippen LogP contribution in [0, 0.1) is 19.7 Å². The minimum atomic E-state index is -0.392. The van der Waals surface area contributed by atoms with Gasteiger partial charge in [0.2, 0.25) is 5.91 Å². The van der Waals surface area contributed by atoms with Crippen LogP contribution in [0.2, 0.25) is 0 Å². The summed E-state index contributed by atoms with van der Waals surface area (Å²) in [7, 11) is 0. The summed E-state index contributed by atoms with van der Waals surface area (Å²) >= 11 is 0. The average Bonchev–Trinajstić information content (AvgIpc) is 2.74. The highest BCUT2D eigenvalue weighted by molar-refractivity contribution is 5.90. The molecule has 0 spiro atoms. The van der Waals surface area contributed by atoms with Crippen molar-refractivity contribution in [2.24, 2.45) is 0 Å². The zero-order valence-corrected chi connectivity index (χ0v) is 17.7. The predicted octanol–water partition coefficient (Wildman–Crippen LogP) is 3.20. The van der Waals surface area contributed by atoms with Crippen molar-refractivity contribution in [1.29, 1.82) is 0 Å². The Balaban J connectivity index is 1.48. The number of nitrogens with one attached hydrogen (secondary N) is 1. The molecule has 6 nitrogen and oxygen atoms in total. The summed E-state index contributed by atoms with van der Waals surface area (Å²) in [5, 5.41) is 2.65. The summed E-state index contributed by atoms with van der Waals surface area (Å²) in [5.41, 5.74) is 3.37. The van der Waals surface area contributed by atoms with Crippen molar-refractivity contribution in [3.63, 3.8) is 0 Å². The first kappa shape index (κ1) is 20.9. The summed E-state index contributed by atoms with van der Waals surface area (Å²) in [6.07, 6.45) is 0.596. The van der Waals surface area contributed by atoms with E-state index < -0.39 is 5.91 Å². The van der Waals surface area contributed by atoms with Gasteiger partial charge < -0.3 is 5.32 Å². The molecule has 0 radical (unpaired) electrons. The number of amides is 1. The minimum absolute atomic E-state index is 0.159. The van der Waals surface area contributed by atoms with Crippen LogP contribution in [0.25, 0.3) is 0 Å². The van der Waals surface area contributed by atoms with Crippen LogP contribution in [-0.2, 0) is 30.8 Å². The number of hydrogen-bond donors (Lipinski definition) is 1. The van der Waals surface area contributed by atoms with Crippen molar-refractivity contribution in [2.75, 3.05) is 11.9 Å². The number of carbonyl (C=O) groups is 1. The van der Waals surface area contributed by atoms with Gasteiger partial charge in [-0.3, -0.25) is 19.1 Å². The lowest BCUT2D eigenvalue weighted by Crippen LogP contribution is -2.39. The molecule has 1 aromatic heterocycles. The van der Waals surface area contributed by atoms with Crippen molar-refractivity contribution in [2.45, 2.75) is 39.9 Å². The molecule has 2 heterocycles. The van der Waals surface area contributed by atoms with Gasteiger partial charge in [0.25, 0.3) is 5.56 Å². The Morgan fingerprint density at radius 1 is 1.16 bits per heavy atom. The maximum Gasteiger partial charge on any atom is 0.257 e. The summed E-state index contributed by atoms with van der Waals surface area (Å²) in [6.45, 7) is 5.40. The molecular formula is C24H25FN4O2. The number of fused-ring (bicyclic) bond motifs is 1. The summed E-state index contributed by atoms with van der Waals surface area (Å²) in [6, 6.07) is 14.7. The second-order valence-electron chi connectivity index (χ2n) is 7.93. The van der Waals surface area contributed by atoms with Crippen LogP contribution < -0.4 is 10.9 Å². The van der Waals surface area contributed by atoms with Gasteiger partial charge in [-0.15, -0.1) is 0 Å². The number of aromatic nitrogens is 2. The lowest BCUT2D eigenvalue weighted by atomic mass is 10.1. The molecule has 3 aromatic rings. The van der Waals surface area contributed by atoms with E-state index >= 15 is 0 Å². The van der Waals surface area contributed by atoms with E-state index in [2.05, 4.69) is 27.3 Å². The number of hydrogen-bond acceptors (Lipinski definition) is 4. The van der Waals surface area contributed by atoms with E-state index in [4.69, 9.17) is 0 Å². The first-order chi connectivity index (χ1) is 14.9. The van der Waals surface area contributed by atoms with E-state index in [9.17, 15) is 14.0 Å². The smallest absolute Gasteiger partial charge is 0.257 e. The van der Waals surface area contributed by atoms with Gasteiger partial charge in [-0.05, 0) is 43.5 Å². The maximum absolute atomic E-state index is 13.7. The molecule has 0 aliphatic carbocycles. The summed E-state index contributed by atoms with van der Waals surface area (Å²) in [4.78, 5) is 32.4. The average molecular weight is 420 g/mol. The van der Waals surface area contributed by atoms with Crippen molar-refractivity contribution in [3.8, 4) is 0 Å². The fourth-order valence-electron chi connectivity index (χ4n) is 3.88. The highest BCUT2D eigenvalue weighted by Gasteiger charge is 2.23. The number of benzene rings is 2. The van der Waals surface area contributed by atoms with Gasteiger partial charge >= 0.3 is 0 Å². The zero-order chi connectivity index (χ0) is 22.0. The molecule has 0 saturated carbocycles. The number of carbonyl (C=O) groups excluding carboxylic acids is 1. The van der Waals surface area contributed by atoms with Crippen molar-refractivity contribution >= 4 is 11.6 Å². The molecule has 0 unspecified atom stereocenters. The highest BCUT2D eigenvalue weighted by atomic mass is 19.1. The summed E-state index contributed by atoms with van der Waals surface area (Å²) < 4.78 is 15.1. The Kier molecular flexibility index (Phi) is 5.95. The van der Waals surface area contributed by atoms with Crippen LogP contribution in [-0.4, -0.2) is 26.9 Å². The fourth-order valence-corrected chi connectivity index (χ4v) is 3.88. The van der Waals surface area contributed by atoms with Gasteiger partial charge in [-0.2, -0.15) is 0 Å². The Hall–Kier alpha value is -3.32. The molecule has 1 amide bonds. The van der Waals surface area contributed by atoms with Crippen LogP contribution in [0.5, 0.6) is 0 Å². The van der Waals surface area contributed by atoms with Gasteiger partial charge in [0.05, 0.1) is 5.69 Å². The standard InChI is InChI=1S/C24H25FN4O2/c1-16-8-9-19(12-21(16)25)27-23(30)15-29-17(2)26-22-14-28(11-10-20(22)24(29)31)13-18-6-4-3-5-7-18/h3-9,12H,10-11,13-15H2,1-2H3,(H,27,30).